The molecule has 0 saturated heterocycles. The number of hydrogen-bond donors (Lipinski definition) is 2. The number of rotatable bonds is 7. The number of carbonyl (C=O) groups excluding carboxylic acids is 1. The van der Waals surface area contributed by atoms with Crippen LogP contribution in [0.1, 0.15) is 30.6 Å². The first-order valence-electron chi connectivity index (χ1n) is 7.82. The SMILES string of the molecule is CC(C)CC(NC(=O)c1cccc(Oc2ccccc2)c1)C(=O)O. The highest BCUT2D eigenvalue weighted by atomic mass is 16.5. The Morgan fingerprint density at radius 2 is 1.71 bits per heavy atom. The van der Waals surface area contributed by atoms with Gasteiger partial charge in [0.1, 0.15) is 17.5 Å². The second-order valence-electron chi connectivity index (χ2n) is 5.94. The first kappa shape index (κ1) is 17.5. The van der Waals surface area contributed by atoms with E-state index in [-0.39, 0.29) is 5.92 Å². The number of para-hydroxylation sites is 1. The molecule has 5 nitrogen and oxygen atoms in total. The Bertz CT molecular complexity index is 698. The average molecular weight is 327 g/mol. The summed E-state index contributed by atoms with van der Waals surface area (Å²) in [5.41, 5.74) is 0.360. The van der Waals surface area contributed by atoms with Crippen LogP contribution in [0.2, 0.25) is 0 Å². The predicted octanol–water partition coefficient (Wildman–Crippen LogP) is 3.71. The van der Waals surface area contributed by atoms with Gasteiger partial charge in [-0.3, -0.25) is 4.79 Å². The van der Waals surface area contributed by atoms with Crippen molar-refractivity contribution in [3.8, 4) is 11.5 Å². The molecule has 2 aromatic rings. The molecule has 2 N–H and O–H groups in total. The largest absolute Gasteiger partial charge is 0.480 e. The minimum absolute atomic E-state index is 0.166. The molecule has 2 rings (SSSR count). The van der Waals surface area contributed by atoms with Crippen LogP contribution in [0, 0.1) is 5.92 Å². The summed E-state index contributed by atoms with van der Waals surface area (Å²) < 4.78 is 5.69. The molecule has 0 radical (unpaired) electrons. The van der Waals surface area contributed by atoms with Gasteiger partial charge in [0, 0.05) is 5.56 Å². The zero-order chi connectivity index (χ0) is 17.5. The molecular weight excluding hydrogens is 306 g/mol. The van der Waals surface area contributed by atoms with E-state index >= 15 is 0 Å². The monoisotopic (exact) mass is 327 g/mol. The van der Waals surface area contributed by atoms with Gasteiger partial charge in [0.25, 0.3) is 5.91 Å². The number of carbonyl (C=O) groups is 2. The maximum Gasteiger partial charge on any atom is 0.326 e. The summed E-state index contributed by atoms with van der Waals surface area (Å²) in [6, 6.07) is 15.0. The van der Waals surface area contributed by atoms with Gasteiger partial charge in [0.2, 0.25) is 0 Å². The molecular formula is C19H21NO4. The number of ether oxygens (including phenoxy) is 1. The van der Waals surface area contributed by atoms with E-state index < -0.39 is 17.9 Å². The fraction of sp³-hybridized carbons (Fsp3) is 0.263. The lowest BCUT2D eigenvalue weighted by Crippen LogP contribution is -2.41. The minimum Gasteiger partial charge on any atom is -0.480 e. The lowest BCUT2D eigenvalue weighted by Gasteiger charge is -2.16. The molecule has 0 fully saturated rings. The first-order valence-corrected chi connectivity index (χ1v) is 7.82. The van der Waals surface area contributed by atoms with Crippen LogP contribution in [0.3, 0.4) is 0 Å². The van der Waals surface area contributed by atoms with Crippen LogP contribution in [0.4, 0.5) is 0 Å². The number of carboxylic acids is 1. The zero-order valence-electron chi connectivity index (χ0n) is 13.7. The molecule has 0 bridgehead atoms. The standard InChI is InChI=1S/C19H21NO4/c1-13(2)11-17(19(22)23)20-18(21)14-7-6-10-16(12-14)24-15-8-4-3-5-9-15/h3-10,12-13,17H,11H2,1-2H3,(H,20,21)(H,22,23). The molecule has 0 saturated carbocycles. The Labute approximate surface area is 141 Å². The van der Waals surface area contributed by atoms with Gasteiger partial charge in [-0.2, -0.15) is 0 Å². The second-order valence-corrected chi connectivity index (χ2v) is 5.94. The Balaban J connectivity index is 2.09. The Morgan fingerprint density at radius 1 is 1.04 bits per heavy atom. The van der Waals surface area contributed by atoms with Gasteiger partial charge in [-0.25, -0.2) is 4.79 Å². The van der Waals surface area contributed by atoms with E-state index in [1.165, 1.54) is 0 Å². The predicted molar refractivity (Wildman–Crippen MR) is 91.3 cm³/mol. The number of carboxylic acid groups (broad SMARTS) is 1. The molecule has 5 heteroatoms. The van der Waals surface area contributed by atoms with Gasteiger partial charge in [-0.15, -0.1) is 0 Å². The van der Waals surface area contributed by atoms with Gasteiger partial charge in [-0.1, -0.05) is 38.1 Å². The Kier molecular flexibility index (Phi) is 5.95. The van der Waals surface area contributed by atoms with E-state index in [0.717, 1.165) is 0 Å². The number of amides is 1. The van der Waals surface area contributed by atoms with Crippen molar-refractivity contribution in [2.45, 2.75) is 26.3 Å². The number of nitrogens with one attached hydrogen (secondary N) is 1. The van der Waals surface area contributed by atoms with Gasteiger partial charge in [0.15, 0.2) is 0 Å². The van der Waals surface area contributed by atoms with E-state index in [1.807, 2.05) is 44.2 Å². The minimum atomic E-state index is -1.03. The van der Waals surface area contributed by atoms with Crippen LogP contribution in [0.25, 0.3) is 0 Å². The van der Waals surface area contributed by atoms with Crippen molar-refractivity contribution >= 4 is 11.9 Å². The molecule has 0 aliphatic heterocycles. The smallest absolute Gasteiger partial charge is 0.326 e. The topological polar surface area (TPSA) is 75.6 Å². The molecule has 126 valence electrons. The highest BCUT2D eigenvalue weighted by molar-refractivity contribution is 5.96. The fourth-order valence-electron chi connectivity index (χ4n) is 2.26. The lowest BCUT2D eigenvalue weighted by molar-refractivity contribution is -0.139. The summed E-state index contributed by atoms with van der Waals surface area (Å²) in [7, 11) is 0. The van der Waals surface area contributed by atoms with Gasteiger partial charge >= 0.3 is 5.97 Å². The maximum atomic E-state index is 12.3. The van der Waals surface area contributed by atoms with Crippen molar-refractivity contribution in [2.75, 3.05) is 0 Å². The van der Waals surface area contributed by atoms with Crippen LogP contribution < -0.4 is 10.1 Å². The molecule has 1 amide bonds. The van der Waals surface area contributed by atoms with E-state index in [0.29, 0.717) is 23.5 Å². The quantitative estimate of drug-likeness (QED) is 0.813. The van der Waals surface area contributed by atoms with Gasteiger partial charge in [-0.05, 0) is 42.7 Å². The van der Waals surface area contributed by atoms with Gasteiger partial charge in [0.05, 0.1) is 0 Å². The van der Waals surface area contributed by atoms with Crippen molar-refractivity contribution < 1.29 is 19.4 Å². The number of hydrogen-bond acceptors (Lipinski definition) is 3. The molecule has 1 unspecified atom stereocenters. The van der Waals surface area contributed by atoms with Crippen molar-refractivity contribution in [3.63, 3.8) is 0 Å². The van der Waals surface area contributed by atoms with E-state index in [9.17, 15) is 14.7 Å². The molecule has 0 heterocycles. The third-order valence-electron chi connectivity index (χ3n) is 3.39. The third kappa shape index (κ3) is 5.12. The maximum absolute atomic E-state index is 12.3. The molecule has 0 aliphatic carbocycles. The summed E-state index contributed by atoms with van der Waals surface area (Å²) in [5, 5.41) is 11.8. The molecule has 2 aromatic carbocycles. The highest BCUT2D eigenvalue weighted by Crippen LogP contribution is 2.22. The fourth-order valence-corrected chi connectivity index (χ4v) is 2.26. The molecule has 24 heavy (non-hydrogen) atoms. The average Bonchev–Trinajstić information content (AvgIpc) is 2.55. The van der Waals surface area contributed by atoms with Crippen LogP contribution in [-0.4, -0.2) is 23.0 Å². The summed E-state index contributed by atoms with van der Waals surface area (Å²) in [6.45, 7) is 3.83. The van der Waals surface area contributed by atoms with E-state index in [1.54, 1.807) is 24.3 Å². The number of aliphatic carboxylic acids is 1. The van der Waals surface area contributed by atoms with Crippen molar-refractivity contribution in [3.05, 3.63) is 60.2 Å². The Hall–Kier alpha value is -2.82. The summed E-state index contributed by atoms with van der Waals surface area (Å²) in [5.74, 6) is -0.114. The molecule has 0 aromatic heterocycles. The van der Waals surface area contributed by atoms with Crippen LogP contribution in [0.5, 0.6) is 11.5 Å². The Morgan fingerprint density at radius 3 is 2.33 bits per heavy atom. The highest BCUT2D eigenvalue weighted by Gasteiger charge is 2.21. The van der Waals surface area contributed by atoms with E-state index in [4.69, 9.17) is 4.74 Å². The molecule has 1 atom stereocenters. The van der Waals surface area contributed by atoms with Crippen LogP contribution >= 0.6 is 0 Å². The molecule has 0 aliphatic rings. The summed E-state index contributed by atoms with van der Waals surface area (Å²) in [4.78, 5) is 23.6. The zero-order valence-corrected chi connectivity index (χ0v) is 13.7. The summed E-state index contributed by atoms with van der Waals surface area (Å²) in [6.07, 6.45) is 0.376. The normalized spacial score (nSPS) is 11.8. The molecule has 0 spiro atoms. The van der Waals surface area contributed by atoms with Crippen LogP contribution in [-0.2, 0) is 4.79 Å². The van der Waals surface area contributed by atoms with Crippen LogP contribution in [0.15, 0.2) is 54.6 Å². The second kappa shape index (κ2) is 8.15. The number of benzene rings is 2. The van der Waals surface area contributed by atoms with E-state index in [2.05, 4.69) is 5.32 Å². The first-order chi connectivity index (χ1) is 11.5. The van der Waals surface area contributed by atoms with Crippen molar-refractivity contribution in [2.24, 2.45) is 5.92 Å². The lowest BCUT2D eigenvalue weighted by atomic mass is 10.0. The van der Waals surface area contributed by atoms with Gasteiger partial charge < -0.3 is 15.2 Å². The summed E-state index contributed by atoms with van der Waals surface area (Å²) >= 11 is 0. The van der Waals surface area contributed by atoms with Crippen molar-refractivity contribution in [1.82, 2.24) is 5.32 Å². The third-order valence-corrected chi connectivity index (χ3v) is 3.39. The van der Waals surface area contributed by atoms with Crippen molar-refractivity contribution in [1.29, 1.82) is 0 Å².